The number of alkyl carbamates (subject to hydrolysis) is 1. The van der Waals surface area contributed by atoms with Crippen LogP contribution >= 0.6 is 0 Å². The van der Waals surface area contributed by atoms with Crippen molar-refractivity contribution in [2.45, 2.75) is 78.2 Å². The number of hydrogen-bond acceptors (Lipinski definition) is 4. The number of unbranched alkanes of at least 4 members (excludes halogenated alkanes) is 6. The van der Waals surface area contributed by atoms with Gasteiger partial charge in [0.1, 0.15) is 6.04 Å². The van der Waals surface area contributed by atoms with E-state index in [0.29, 0.717) is 13.0 Å². The molecule has 0 spiro atoms. The molecule has 0 bridgehead atoms. The zero-order valence-corrected chi connectivity index (χ0v) is 14.7. The quantitative estimate of drug-likeness (QED) is 0.436. The Kier molecular flexibility index (Phi) is 12.6. The molecule has 0 rings (SSSR count). The van der Waals surface area contributed by atoms with E-state index in [2.05, 4.69) is 17.0 Å². The summed E-state index contributed by atoms with van der Waals surface area (Å²) in [7, 11) is 1.28. The van der Waals surface area contributed by atoms with Crippen LogP contribution in [-0.2, 0) is 14.3 Å². The molecule has 0 aliphatic rings. The third-order valence-corrected chi connectivity index (χ3v) is 3.46. The lowest BCUT2D eigenvalue weighted by molar-refractivity contribution is -0.146. The summed E-state index contributed by atoms with van der Waals surface area (Å²) in [5.74, 6) is -0.0849. The number of ether oxygens (including phenoxy) is 2. The molecule has 1 amide bonds. The van der Waals surface area contributed by atoms with Crippen molar-refractivity contribution in [3.63, 3.8) is 0 Å². The number of rotatable bonds is 12. The van der Waals surface area contributed by atoms with Crippen LogP contribution in [-0.4, -0.2) is 31.8 Å². The van der Waals surface area contributed by atoms with Crippen LogP contribution in [0.25, 0.3) is 0 Å². The van der Waals surface area contributed by atoms with Gasteiger partial charge in [0.25, 0.3) is 0 Å². The smallest absolute Gasteiger partial charge is 0.407 e. The van der Waals surface area contributed by atoms with Gasteiger partial charge in [-0.1, -0.05) is 59.3 Å². The van der Waals surface area contributed by atoms with Gasteiger partial charge in [0.2, 0.25) is 0 Å². The molecule has 0 fully saturated rings. The summed E-state index contributed by atoms with van der Waals surface area (Å²) in [6, 6.07) is -0.628. The topological polar surface area (TPSA) is 64.6 Å². The molecule has 0 radical (unpaired) electrons. The minimum atomic E-state index is -0.628. The van der Waals surface area contributed by atoms with E-state index in [4.69, 9.17) is 4.74 Å². The highest BCUT2D eigenvalue weighted by Crippen LogP contribution is 2.09. The van der Waals surface area contributed by atoms with Crippen molar-refractivity contribution in [1.82, 2.24) is 5.32 Å². The molecule has 0 heterocycles. The first kappa shape index (κ1) is 20.7. The number of carbonyl (C=O) groups is 2. The van der Waals surface area contributed by atoms with Crippen LogP contribution in [0.2, 0.25) is 0 Å². The molecular weight excluding hydrogens is 282 g/mol. The molecule has 5 nitrogen and oxygen atoms in total. The Labute approximate surface area is 135 Å². The van der Waals surface area contributed by atoms with E-state index in [-0.39, 0.29) is 11.9 Å². The molecule has 0 unspecified atom stereocenters. The fraction of sp³-hybridized carbons (Fsp3) is 0.882. The highest BCUT2D eigenvalue weighted by Gasteiger charge is 2.23. The summed E-state index contributed by atoms with van der Waals surface area (Å²) >= 11 is 0. The Morgan fingerprint density at radius 1 is 1.00 bits per heavy atom. The summed E-state index contributed by atoms with van der Waals surface area (Å²) in [4.78, 5) is 23.3. The van der Waals surface area contributed by atoms with E-state index in [1.165, 1.54) is 39.2 Å². The van der Waals surface area contributed by atoms with Gasteiger partial charge in [-0.3, -0.25) is 0 Å². The third kappa shape index (κ3) is 11.4. The van der Waals surface area contributed by atoms with Crippen LogP contribution in [0.15, 0.2) is 0 Å². The van der Waals surface area contributed by atoms with Crippen molar-refractivity contribution in [2.75, 3.05) is 13.7 Å². The van der Waals surface area contributed by atoms with Crippen molar-refractivity contribution in [2.24, 2.45) is 5.92 Å². The van der Waals surface area contributed by atoms with E-state index in [9.17, 15) is 9.59 Å². The average molecular weight is 315 g/mol. The molecule has 0 saturated carbocycles. The average Bonchev–Trinajstić information content (AvgIpc) is 2.48. The van der Waals surface area contributed by atoms with Gasteiger partial charge < -0.3 is 14.8 Å². The predicted molar refractivity (Wildman–Crippen MR) is 87.7 cm³/mol. The standard InChI is InChI=1S/C17H33NO4/c1-5-6-7-8-9-10-11-12-22-16(19)15(13-14(2)3)18-17(20)21-4/h14-15H,5-13H2,1-4H3,(H,18,20)/t15-/m0/s1. The summed E-state index contributed by atoms with van der Waals surface area (Å²) < 4.78 is 9.81. The minimum absolute atomic E-state index is 0.285. The Bertz CT molecular complexity index is 305. The maximum atomic E-state index is 12.0. The van der Waals surface area contributed by atoms with Crippen LogP contribution in [0, 0.1) is 5.92 Å². The largest absolute Gasteiger partial charge is 0.464 e. The monoisotopic (exact) mass is 315 g/mol. The number of hydrogen-bond donors (Lipinski definition) is 1. The van der Waals surface area contributed by atoms with E-state index in [1.807, 2.05) is 13.8 Å². The van der Waals surface area contributed by atoms with Crippen LogP contribution < -0.4 is 5.32 Å². The lowest BCUT2D eigenvalue weighted by atomic mass is 10.0. The summed E-state index contributed by atoms with van der Waals surface area (Å²) in [6.07, 6.45) is 8.18. The van der Waals surface area contributed by atoms with Gasteiger partial charge in [0.15, 0.2) is 0 Å². The second-order valence-electron chi connectivity index (χ2n) is 6.11. The zero-order valence-electron chi connectivity index (χ0n) is 14.7. The summed E-state index contributed by atoms with van der Waals surface area (Å²) in [5, 5.41) is 2.54. The molecule has 0 aromatic heterocycles. The first-order valence-corrected chi connectivity index (χ1v) is 8.52. The number of esters is 1. The Morgan fingerprint density at radius 3 is 2.14 bits per heavy atom. The van der Waals surface area contributed by atoms with Crippen molar-refractivity contribution < 1.29 is 19.1 Å². The normalized spacial score (nSPS) is 12.0. The second kappa shape index (κ2) is 13.4. The zero-order chi connectivity index (χ0) is 16.8. The fourth-order valence-electron chi connectivity index (χ4n) is 2.22. The molecule has 0 aromatic carbocycles. The third-order valence-electron chi connectivity index (χ3n) is 3.46. The van der Waals surface area contributed by atoms with Gasteiger partial charge in [0, 0.05) is 0 Å². The first-order chi connectivity index (χ1) is 10.5. The molecule has 130 valence electrons. The first-order valence-electron chi connectivity index (χ1n) is 8.52. The van der Waals surface area contributed by atoms with Gasteiger partial charge in [-0.15, -0.1) is 0 Å². The van der Waals surface area contributed by atoms with Crippen molar-refractivity contribution >= 4 is 12.1 Å². The van der Waals surface area contributed by atoms with Crippen molar-refractivity contribution in [1.29, 1.82) is 0 Å². The molecular formula is C17H33NO4. The molecule has 0 aliphatic carbocycles. The Balaban J connectivity index is 3.89. The second-order valence-corrected chi connectivity index (χ2v) is 6.11. The van der Waals surface area contributed by atoms with Crippen LogP contribution in [0.1, 0.15) is 72.1 Å². The Hall–Kier alpha value is -1.26. The lowest BCUT2D eigenvalue weighted by Crippen LogP contribution is -2.42. The van der Waals surface area contributed by atoms with E-state index < -0.39 is 12.1 Å². The number of carbonyl (C=O) groups excluding carboxylic acids is 2. The highest BCUT2D eigenvalue weighted by molar-refractivity contribution is 5.81. The fourth-order valence-corrected chi connectivity index (χ4v) is 2.22. The van der Waals surface area contributed by atoms with Gasteiger partial charge in [-0.25, -0.2) is 9.59 Å². The van der Waals surface area contributed by atoms with Crippen molar-refractivity contribution in [3.05, 3.63) is 0 Å². The predicted octanol–water partition coefficient (Wildman–Crippen LogP) is 4.05. The number of methoxy groups -OCH3 is 1. The van der Waals surface area contributed by atoms with Crippen LogP contribution in [0.3, 0.4) is 0 Å². The summed E-state index contributed by atoms with van der Waals surface area (Å²) in [5.41, 5.74) is 0. The molecule has 0 aromatic rings. The molecule has 0 saturated heterocycles. The Morgan fingerprint density at radius 2 is 1.59 bits per heavy atom. The lowest BCUT2D eigenvalue weighted by Gasteiger charge is -2.18. The molecule has 1 N–H and O–H groups in total. The molecule has 1 atom stereocenters. The van der Waals surface area contributed by atoms with Gasteiger partial charge in [-0.05, 0) is 18.8 Å². The van der Waals surface area contributed by atoms with Gasteiger partial charge in [-0.2, -0.15) is 0 Å². The van der Waals surface area contributed by atoms with E-state index >= 15 is 0 Å². The van der Waals surface area contributed by atoms with E-state index in [1.54, 1.807) is 0 Å². The SMILES string of the molecule is CCCCCCCCCOC(=O)[C@H](CC(C)C)NC(=O)OC. The highest BCUT2D eigenvalue weighted by atomic mass is 16.5. The van der Waals surface area contributed by atoms with Gasteiger partial charge in [0.05, 0.1) is 13.7 Å². The maximum absolute atomic E-state index is 12.0. The van der Waals surface area contributed by atoms with E-state index in [0.717, 1.165) is 12.8 Å². The number of amides is 1. The maximum Gasteiger partial charge on any atom is 0.407 e. The van der Waals surface area contributed by atoms with Crippen molar-refractivity contribution in [3.8, 4) is 0 Å². The van der Waals surface area contributed by atoms with Crippen LogP contribution in [0.4, 0.5) is 4.79 Å². The molecule has 0 aliphatic heterocycles. The number of nitrogens with one attached hydrogen (secondary N) is 1. The minimum Gasteiger partial charge on any atom is -0.464 e. The molecule has 5 heteroatoms. The van der Waals surface area contributed by atoms with Crippen LogP contribution in [0.5, 0.6) is 0 Å². The van der Waals surface area contributed by atoms with Gasteiger partial charge >= 0.3 is 12.1 Å². The molecule has 22 heavy (non-hydrogen) atoms. The summed E-state index contributed by atoms with van der Waals surface area (Å²) in [6.45, 7) is 6.62.